The lowest BCUT2D eigenvalue weighted by molar-refractivity contribution is -0.117. The molecule has 1 saturated carbocycles. The van der Waals surface area contributed by atoms with Gasteiger partial charge in [0.25, 0.3) is 0 Å². The van der Waals surface area contributed by atoms with Crippen molar-refractivity contribution in [1.82, 2.24) is 5.32 Å². The van der Waals surface area contributed by atoms with Crippen molar-refractivity contribution in [3.8, 4) is 0 Å². The maximum absolute atomic E-state index is 11.2. The summed E-state index contributed by atoms with van der Waals surface area (Å²) >= 11 is 5.80. The topological polar surface area (TPSA) is 91.3 Å². The Morgan fingerprint density at radius 1 is 1.61 bits per heavy atom. The highest BCUT2D eigenvalue weighted by Gasteiger charge is 2.23. The number of rotatable bonds is 5. The molecule has 0 aromatic heterocycles. The van der Waals surface area contributed by atoms with Gasteiger partial charge in [-0.15, -0.1) is 11.6 Å². The zero-order valence-electron chi connectivity index (χ0n) is 10.2. The molecule has 4 N–H and O–H groups in total. The molecule has 0 spiro atoms. The SMILES string of the molecule is C=CC(=O)NC1CCCC(N=C(N)C(Cl)C=N)C1. The van der Waals surface area contributed by atoms with Gasteiger partial charge < -0.3 is 16.5 Å². The van der Waals surface area contributed by atoms with Crippen LogP contribution in [0.25, 0.3) is 0 Å². The smallest absolute Gasteiger partial charge is 0.243 e. The minimum absolute atomic E-state index is 0.0649. The third kappa shape index (κ3) is 4.49. The van der Waals surface area contributed by atoms with Gasteiger partial charge in [0.1, 0.15) is 11.2 Å². The molecule has 1 aliphatic rings. The van der Waals surface area contributed by atoms with Gasteiger partial charge in [0, 0.05) is 12.3 Å². The third-order valence-electron chi connectivity index (χ3n) is 2.94. The summed E-state index contributed by atoms with van der Waals surface area (Å²) in [6, 6.07) is 0.176. The lowest BCUT2D eigenvalue weighted by Crippen LogP contribution is -2.39. The molecule has 6 heteroatoms. The number of hydrogen-bond donors (Lipinski definition) is 3. The van der Waals surface area contributed by atoms with Crippen molar-refractivity contribution < 1.29 is 4.79 Å². The van der Waals surface area contributed by atoms with E-state index in [2.05, 4.69) is 16.9 Å². The second-order valence-electron chi connectivity index (χ2n) is 4.35. The van der Waals surface area contributed by atoms with E-state index in [9.17, 15) is 4.79 Å². The normalized spacial score (nSPS) is 26.2. The quantitative estimate of drug-likeness (QED) is 0.303. The van der Waals surface area contributed by atoms with Crippen LogP contribution in [-0.2, 0) is 4.79 Å². The van der Waals surface area contributed by atoms with Crippen molar-refractivity contribution in [2.45, 2.75) is 43.1 Å². The fraction of sp³-hybridized carbons (Fsp3) is 0.583. The highest BCUT2D eigenvalue weighted by atomic mass is 35.5. The van der Waals surface area contributed by atoms with Gasteiger partial charge in [-0.1, -0.05) is 6.58 Å². The highest BCUT2D eigenvalue weighted by Crippen LogP contribution is 2.21. The summed E-state index contributed by atoms with van der Waals surface area (Å²) in [7, 11) is 0. The molecule has 0 aromatic rings. The first-order valence-electron chi connectivity index (χ1n) is 5.97. The predicted octanol–water partition coefficient (Wildman–Crippen LogP) is 1.21. The number of amidine groups is 1. The minimum atomic E-state index is -0.645. The van der Waals surface area contributed by atoms with Gasteiger partial charge in [-0.3, -0.25) is 9.79 Å². The Labute approximate surface area is 112 Å². The molecule has 0 radical (unpaired) electrons. The number of halogens is 1. The standard InChI is InChI=1S/C12H19ClN4O/c1-2-11(18)16-8-4-3-5-9(6-8)17-12(15)10(13)7-14/h2,7-10,14H,1,3-6H2,(H2,15,17)(H,16,18). The Balaban J connectivity index is 2.55. The van der Waals surface area contributed by atoms with Crippen LogP contribution in [0.4, 0.5) is 0 Å². The molecule has 3 unspecified atom stereocenters. The predicted molar refractivity (Wildman–Crippen MR) is 74.4 cm³/mol. The Hall–Kier alpha value is -1.36. The molecule has 5 nitrogen and oxygen atoms in total. The highest BCUT2D eigenvalue weighted by molar-refractivity contribution is 6.39. The number of nitrogens with two attached hydrogens (primary N) is 1. The molecular weight excluding hydrogens is 252 g/mol. The first-order chi connectivity index (χ1) is 8.56. The van der Waals surface area contributed by atoms with Crippen LogP contribution in [0.5, 0.6) is 0 Å². The molecule has 3 atom stereocenters. The van der Waals surface area contributed by atoms with E-state index in [0.29, 0.717) is 0 Å². The fourth-order valence-electron chi connectivity index (χ4n) is 2.04. The van der Waals surface area contributed by atoms with E-state index in [4.69, 9.17) is 22.7 Å². The molecule has 0 aliphatic heterocycles. The Morgan fingerprint density at radius 3 is 2.94 bits per heavy atom. The van der Waals surface area contributed by atoms with Gasteiger partial charge in [0.2, 0.25) is 5.91 Å². The number of carbonyl (C=O) groups is 1. The van der Waals surface area contributed by atoms with Crippen molar-refractivity contribution in [3.05, 3.63) is 12.7 Å². The zero-order chi connectivity index (χ0) is 13.5. The number of aliphatic imine (C=N–C) groups is 1. The Morgan fingerprint density at radius 2 is 2.33 bits per heavy atom. The Bertz CT molecular complexity index is 356. The molecule has 18 heavy (non-hydrogen) atoms. The summed E-state index contributed by atoms with van der Waals surface area (Å²) < 4.78 is 0. The lowest BCUT2D eigenvalue weighted by Gasteiger charge is -2.27. The van der Waals surface area contributed by atoms with Crippen LogP contribution >= 0.6 is 11.6 Å². The van der Waals surface area contributed by atoms with Gasteiger partial charge in [0.15, 0.2) is 0 Å². The summed E-state index contributed by atoms with van der Waals surface area (Å²) in [6.45, 7) is 3.43. The number of carbonyl (C=O) groups excluding carboxylic acids is 1. The third-order valence-corrected chi connectivity index (χ3v) is 3.29. The summed E-state index contributed by atoms with van der Waals surface area (Å²) in [4.78, 5) is 15.5. The molecule has 1 aliphatic carbocycles. The van der Waals surface area contributed by atoms with Crippen LogP contribution in [0.1, 0.15) is 25.7 Å². The van der Waals surface area contributed by atoms with Crippen LogP contribution in [-0.4, -0.2) is 35.4 Å². The molecule has 0 aromatic carbocycles. The van der Waals surface area contributed by atoms with Crippen LogP contribution in [0.3, 0.4) is 0 Å². The second-order valence-corrected chi connectivity index (χ2v) is 4.82. The molecule has 0 bridgehead atoms. The van der Waals surface area contributed by atoms with Gasteiger partial charge >= 0.3 is 0 Å². The molecule has 1 rings (SSSR count). The molecule has 100 valence electrons. The molecular formula is C12H19ClN4O. The summed E-state index contributed by atoms with van der Waals surface area (Å²) in [5.74, 6) is 0.111. The largest absolute Gasteiger partial charge is 0.386 e. The molecule has 0 heterocycles. The van der Waals surface area contributed by atoms with Gasteiger partial charge in [-0.05, 0) is 31.8 Å². The van der Waals surface area contributed by atoms with Crippen LogP contribution < -0.4 is 11.1 Å². The number of nitrogens with zero attached hydrogens (tertiary/aromatic N) is 1. The van der Waals surface area contributed by atoms with E-state index in [1.54, 1.807) is 0 Å². The summed E-state index contributed by atoms with van der Waals surface area (Å²) in [6.07, 6.45) is 5.94. The van der Waals surface area contributed by atoms with E-state index in [1.165, 1.54) is 6.08 Å². The molecule has 1 amide bonds. The fourth-order valence-corrected chi connectivity index (χ4v) is 2.10. The van der Waals surface area contributed by atoms with Crippen molar-refractivity contribution in [3.63, 3.8) is 0 Å². The van der Waals surface area contributed by atoms with Crippen LogP contribution in [0, 0.1) is 5.41 Å². The maximum Gasteiger partial charge on any atom is 0.243 e. The number of amides is 1. The van der Waals surface area contributed by atoms with Crippen molar-refractivity contribution >= 4 is 29.6 Å². The van der Waals surface area contributed by atoms with Crippen molar-refractivity contribution in [2.75, 3.05) is 0 Å². The maximum atomic E-state index is 11.2. The number of nitrogens with one attached hydrogen (secondary N) is 2. The van der Waals surface area contributed by atoms with Gasteiger partial charge in [0.05, 0.1) is 6.04 Å². The number of alkyl halides is 1. The van der Waals surface area contributed by atoms with E-state index in [-0.39, 0.29) is 23.8 Å². The summed E-state index contributed by atoms with van der Waals surface area (Å²) in [5.41, 5.74) is 5.69. The van der Waals surface area contributed by atoms with E-state index in [0.717, 1.165) is 31.9 Å². The van der Waals surface area contributed by atoms with Gasteiger partial charge in [-0.2, -0.15) is 0 Å². The van der Waals surface area contributed by atoms with Gasteiger partial charge in [-0.25, -0.2) is 0 Å². The minimum Gasteiger partial charge on any atom is -0.386 e. The molecule has 0 saturated heterocycles. The first-order valence-corrected chi connectivity index (χ1v) is 6.41. The average molecular weight is 271 g/mol. The van der Waals surface area contributed by atoms with Crippen LogP contribution in [0.15, 0.2) is 17.6 Å². The molecule has 1 fully saturated rings. The lowest BCUT2D eigenvalue weighted by atomic mass is 9.91. The van der Waals surface area contributed by atoms with E-state index in [1.807, 2.05) is 0 Å². The number of hydrogen-bond acceptors (Lipinski definition) is 3. The second kappa shape index (κ2) is 7.16. The van der Waals surface area contributed by atoms with Crippen molar-refractivity contribution in [1.29, 1.82) is 5.41 Å². The van der Waals surface area contributed by atoms with E-state index >= 15 is 0 Å². The van der Waals surface area contributed by atoms with Crippen molar-refractivity contribution in [2.24, 2.45) is 10.7 Å². The zero-order valence-corrected chi connectivity index (χ0v) is 11.0. The van der Waals surface area contributed by atoms with Crippen LogP contribution in [0.2, 0.25) is 0 Å². The first kappa shape index (κ1) is 14.7. The van der Waals surface area contributed by atoms with E-state index < -0.39 is 5.38 Å². The average Bonchev–Trinajstić information content (AvgIpc) is 2.37. The monoisotopic (exact) mass is 270 g/mol. The Kier molecular flexibility index (Phi) is 5.85. The summed E-state index contributed by atoms with van der Waals surface area (Å²) in [5, 5.41) is 9.25.